The molecule has 1 nitrogen and oxygen atoms in total. The van der Waals surface area contributed by atoms with Crippen LogP contribution in [0.2, 0.25) is 0 Å². The van der Waals surface area contributed by atoms with E-state index in [1.165, 1.54) is 96.3 Å². The topological polar surface area (TPSA) is 23.8 Å². The fourth-order valence-electron chi connectivity index (χ4n) is 6.84. The molecular weight excluding hydrogens is 302 g/mol. The molecule has 0 heterocycles. The van der Waals surface area contributed by atoms with Crippen LogP contribution < -0.4 is 0 Å². The predicted molar refractivity (Wildman–Crippen MR) is 106 cm³/mol. The highest BCUT2D eigenvalue weighted by molar-refractivity contribution is 5.06. The van der Waals surface area contributed by atoms with Gasteiger partial charge in [-0.25, -0.2) is 0 Å². The zero-order valence-corrected chi connectivity index (χ0v) is 16.9. The number of nitrogens with zero attached hydrogens (tertiary/aromatic N) is 1. The number of hydrogen-bond donors (Lipinski definition) is 0. The summed E-state index contributed by atoms with van der Waals surface area (Å²) in [5.74, 6) is 4.91. The van der Waals surface area contributed by atoms with Crippen molar-refractivity contribution in [3.8, 4) is 6.07 Å². The van der Waals surface area contributed by atoms with Crippen LogP contribution in [-0.4, -0.2) is 0 Å². The predicted octanol–water partition coefficient (Wildman–Crippen LogP) is 7.51. The third kappa shape index (κ3) is 4.43. The van der Waals surface area contributed by atoms with E-state index in [4.69, 9.17) is 0 Å². The molecule has 0 amide bonds. The first-order chi connectivity index (χ1) is 12.2. The third-order valence-corrected chi connectivity index (χ3v) is 8.40. The summed E-state index contributed by atoms with van der Waals surface area (Å²) in [6.45, 7) is 4.67. The molecule has 0 saturated heterocycles. The molecule has 142 valence electrons. The van der Waals surface area contributed by atoms with Crippen LogP contribution in [0.3, 0.4) is 0 Å². The van der Waals surface area contributed by atoms with Crippen molar-refractivity contribution >= 4 is 0 Å². The van der Waals surface area contributed by atoms with Gasteiger partial charge in [-0.1, -0.05) is 58.8 Å². The summed E-state index contributed by atoms with van der Waals surface area (Å²) in [6.07, 6.45) is 20.5. The van der Waals surface area contributed by atoms with Gasteiger partial charge in [0.25, 0.3) is 0 Å². The molecule has 6 atom stereocenters. The molecule has 0 spiro atoms. The lowest BCUT2D eigenvalue weighted by Gasteiger charge is -2.52. The third-order valence-electron chi connectivity index (χ3n) is 8.40. The summed E-state index contributed by atoms with van der Waals surface area (Å²) in [5, 5.41) is 9.98. The summed E-state index contributed by atoms with van der Waals surface area (Å²) < 4.78 is 0. The molecule has 3 aliphatic carbocycles. The van der Waals surface area contributed by atoms with Gasteiger partial charge in [-0.15, -0.1) is 0 Å². The van der Waals surface area contributed by atoms with E-state index in [0.29, 0.717) is 0 Å². The van der Waals surface area contributed by atoms with Gasteiger partial charge < -0.3 is 0 Å². The van der Waals surface area contributed by atoms with Crippen molar-refractivity contribution in [1.29, 1.82) is 5.26 Å². The lowest BCUT2D eigenvalue weighted by molar-refractivity contribution is -0.0174. The molecule has 3 rings (SSSR count). The molecule has 0 N–H and O–H groups in total. The number of rotatable bonds is 7. The van der Waals surface area contributed by atoms with Gasteiger partial charge in [-0.05, 0) is 81.0 Å². The first-order valence-electron chi connectivity index (χ1n) is 11.6. The number of hydrogen-bond acceptors (Lipinski definition) is 1. The van der Waals surface area contributed by atoms with E-state index in [1.54, 1.807) is 0 Å². The van der Waals surface area contributed by atoms with Crippen molar-refractivity contribution in [3.63, 3.8) is 0 Å². The van der Waals surface area contributed by atoms with Gasteiger partial charge in [0.05, 0.1) is 11.5 Å². The fourth-order valence-corrected chi connectivity index (χ4v) is 6.84. The van der Waals surface area contributed by atoms with E-state index in [1.807, 2.05) is 0 Å². The van der Waals surface area contributed by atoms with Crippen molar-refractivity contribution in [2.24, 2.45) is 35.0 Å². The van der Waals surface area contributed by atoms with Crippen LogP contribution in [0.25, 0.3) is 0 Å². The van der Waals surface area contributed by atoms with Gasteiger partial charge in [0.1, 0.15) is 0 Å². The Morgan fingerprint density at radius 3 is 2.40 bits per heavy atom. The van der Waals surface area contributed by atoms with Gasteiger partial charge in [-0.2, -0.15) is 5.26 Å². The Kier molecular flexibility index (Phi) is 6.87. The molecule has 0 aliphatic heterocycles. The van der Waals surface area contributed by atoms with Crippen LogP contribution >= 0.6 is 0 Å². The first-order valence-corrected chi connectivity index (χ1v) is 11.6. The summed E-state index contributed by atoms with van der Waals surface area (Å²) in [6, 6.07) is 2.83. The van der Waals surface area contributed by atoms with Crippen molar-refractivity contribution in [3.05, 3.63) is 0 Å². The van der Waals surface area contributed by atoms with E-state index in [-0.39, 0.29) is 5.41 Å². The van der Waals surface area contributed by atoms with Crippen LogP contribution in [-0.2, 0) is 0 Å². The van der Waals surface area contributed by atoms with Crippen LogP contribution in [0.5, 0.6) is 0 Å². The van der Waals surface area contributed by atoms with Gasteiger partial charge in [0, 0.05) is 0 Å². The second kappa shape index (κ2) is 8.92. The van der Waals surface area contributed by atoms with E-state index in [0.717, 1.165) is 29.6 Å². The van der Waals surface area contributed by atoms with Gasteiger partial charge in [0.2, 0.25) is 0 Å². The molecule has 6 unspecified atom stereocenters. The zero-order chi connectivity index (χ0) is 17.7. The Labute approximate surface area is 157 Å². The SMILES string of the molecule is CCCCCCCC1(C#N)CCC2C(CCC3CC(CC)CCC32)C1. The quantitative estimate of drug-likeness (QED) is 0.439. The standard InChI is InChI=1S/C24H41N/c1-3-5-6-7-8-14-24(18-25)15-13-23-21(17-24)11-10-20-16-19(4-2)9-12-22(20)23/h19-23H,3-17H2,1-2H3. The summed E-state index contributed by atoms with van der Waals surface area (Å²) in [5.41, 5.74) is 0.0425. The van der Waals surface area contributed by atoms with Gasteiger partial charge in [-0.3, -0.25) is 0 Å². The Morgan fingerprint density at radius 1 is 0.880 bits per heavy atom. The van der Waals surface area contributed by atoms with Crippen molar-refractivity contribution < 1.29 is 0 Å². The second-order valence-corrected chi connectivity index (χ2v) is 9.81. The van der Waals surface area contributed by atoms with E-state index in [2.05, 4.69) is 19.9 Å². The minimum absolute atomic E-state index is 0.0425. The molecule has 0 aromatic heterocycles. The van der Waals surface area contributed by atoms with Crippen molar-refractivity contribution in [1.82, 2.24) is 0 Å². The smallest absolute Gasteiger partial charge is 0.0689 e. The first kappa shape index (κ1) is 19.3. The Bertz CT molecular complexity index is 450. The number of nitriles is 1. The molecule has 1 heteroatoms. The van der Waals surface area contributed by atoms with Crippen LogP contribution in [0.15, 0.2) is 0 Å². The molecule has 0 radical (unpaired) electrons. The average molecular weight is 344 g/mol. The lowest BCUT2D eigenvalue weighted by atomic mass is 9.52. The van der Waals surface area contributed by atoms with E-state index in [9.17, 15) is 5.26 Å². The Hall–Kier alpha value is -0.510. The number of unbranched alkanes of at least 4 members (excludes halogenated alkanes) is 4. The highest BCUT2D eigenvalue weighted by Gasteiger charge is 2.48. The molecule has 3 saturated carbocycles. The Balaban J connectivity index is 1.54. The summed E-state index contributed by atoms with van der Waals surface area (Å²) in [7, 11) is 0. The maximum atomic E-state index is 9.98. The second-order valence-electron chi connectivity index (χ2n) is 9.81. The van der Waals surface area contributed by atoms with Gasteiger partial charge in [0.15, 0.2) is 0 Å². The van der Waals surface area contributed by atoms with Crippen LogP contribution in [0.4, 0.5) is 0 Å². The molecule has 3 aliphatic rings. The number of fused-ring (bicyclic) bond motifs is 3. The van der Waals surface area contributed by atoms with E-state index < -0.39 is 0 Å². The Morgan fingerprint density at radius 2 is 1.64 bits per heavy atom. The van der Waals surface area contributed by atoms with E-state index >= 15 is 0 Å². The molecule has 3 fully saturated rings. The molecule has 0 aromatic carbocycles. The molecule has 25 heavy (non-hydrogen) atoms. The maximum Gasteiger partial charge on any atom is 0.0689 e. The van der Waals surface area contributed by atoms with Crippen molar-refractivity contribution in [2.45, 2.75) is 110 Å². The monoisotopic (exact) mass is 343 g/mol. The molecule has 0 aromatic rings. The largest absolute Gasteiger partial charge is 0.198 e. The minimum atomic E-state index is 0.0425. The highest BCUT2D eigenvalue weighted by atomic mass is 14.5. The molecular formula is C24H41N. The lowest BCUT2D eigenvalue weighted by Crippen LogP contribution is -2.44. The fraction of sp³-hybridized carbons (Fsp3) is 0.958. The zero-order valence-electron chi connectivity index (χ0n) is 16.9. The maximum absolute atomic E-state index is 9.98. The van der Waals surface area contributed by atoms with Crippen LogP contribution in [0, 0.1) is 46.3 Å². The summed E-state index contributed by atoms with van der Waals surface area (Å²) >= 11 is 0. The van der Waals surface area contributed by atoms with Gasteiger partial charge >= 0.3 is 0 Å². The highest BCUT2D eigenvalue weighted by Crippen LogP contribution is 2.56. The average Bonchev–Trinajstić information content (AvgIpc) is 2.67. The normalized spacial score (nSPS) is 40.8. The molecule has 0 bridgehead atoms. The van der Waals surface area contributed by atoms with Crippen LogP contribution in [0.1, 0.15) is 110 Å². The summed E-state index contributed by atoms with van der Waals surface area (Å²) in [4.78, 5) is 0. The van der Waals surface area contributed by atoms with Crippen molar-refractivity contribution in [2.75, 3.05) is 0 Å². The minimum Gasteiger partial charge on any atom is -0.198 e.